The molecule has 2 heterocycles. The highest BCUT2D eigenvalue weighted by atomic mass is 79.9. The Labute approximate surface area is 101 Å². The van der Waals surface area contributed by atoms with Gasteiger partial charge in [0, 0.05) is 18.0 Å². The normalized spacial score (nSPS) is 12.7. The average molecular weight is 286 g/mol. The van der Waals surface area contributed by atoms with Crippen LogP contribution >= 0.6 is 27.3 Å². The minimum atomic E-state index is 0.302. The van der Waals surface area contributed by atoms with E-state index in [9.17, 15) is 0 Å². The largest absolute Gasteiger partial charge is 0.363 e. The molecule has 3 nitrogen and oxygen atoms in total. The molecule has 0 aromatic carbocycles. The lowest BCUT2D eigenvalue weighted by Crippen LogP contribution is -2.08. The molecule has 0 radical (unpaired) electrons. The zero-order chi connectivity index (χ0) is 10.8. The Bertz CT molecular complexity index is 449. The smallest absolute Gasteiger partial charge is 0.124 e. The van der Waals surface area contributed by atoms with Gasteiger partial charge in [0.15, 0.2) is 0 Å². The van der Waals surface area contributed by atoms with Crippen LogP contribution in [0.3, 0.4) is 0 Å². The third-order valence-electron chi connectivity index (χ3n) is 2.21. The van der Waals surface area contributed by atoms with Gasteiger partial charge in [-0.25, -0.2) is 0 Å². The summed E-state index contributed by atoms with van der Waals surface area (Å²) in [5.74, 6) is 1.03. The predicted octanol–water partition coefficient (Wildman–Crippen LogP) is 3.42. The van der Waals surface area contributed by atoms with E-state index in [1.54, 1.807) is 17.5 Å². The molecule has 0 aliphatic rings. The standard InChI is InChI=1S/C10H12BrN3S/c1-7(8-3-4-9(11)15-8)13-10-5-6-12-14(10)2/h3-7,13H,1-2H3. The van der Waals surface area contributed by atoms with Crippen molar-refractivity contribution in [2.24, 2.45) is 7.05 Å². The van der Waals surface area contributed by atoms with E-state index in [0.717, 1.165) is 9.60 Å². The molecule has 0 aliphatic heterocycles. The first-order chi connectivity index (χ1) is 7.16. The second-order valence-corrected chi connectivity index (χ2v) is 5.84. The quantitative estimate of drug-likeness (QED) is 0.937. The average Bonchev–Trinajstić information content (AvgIpc) is 2.77. The Balaban J connectivity index is 2.10. The topological polar surface area (TPSA) is 29.9 Å². The lowest BCUT2D eigenvalue weighted by molar-refractivity contribution is 0.753. The number of nitrogens with zero attached hydrogens (tertiary/aromatic N) is 2. The predicted molar refractivity (Wildman–Crippen MR) is 67.3 cm³/mol. The lowest BCUT2D eigenvalue weighted by Gasteiger charge is -2.13. The summed E-state index contributed by atoms with van der Waals surface area (Å²) in [5.41, 5.74) is 0. The molecule has 0 amide bonds. The van der Waals surface area contributed by atoms with Crippen LogP contribution in [0.4, 0.5) is 5.82 Å². The summed E-state index contributed by atoms with van der Waals surface area (Å²) in [5, 5.41) is 7.53. The zero-order valence-corrected chi connectivity index (χ0v) is 11.0. The van der Waals surface area contributed by atoms with Gasteiger partial charge in [0.1, 0.15) is 5.82 Å². The highest BCUT2D eigenvalue weighted by Crippen LogP contribution is 2.28. The van der Waals surface area contributed by atoms with E-state index < -0.39 is 0 Å². The number of thiophene rings is 1. The van der Waals surface area contributed by atoms with Gasteiger partial charge in [0.25, 0.3) is 0 Å². The molecule has 2 aromatic heterocycles. The summed E-state index contributed by atoms with van der Waals surface area (Å²) in [6.45, 7) is 2.14. The van der Waals surface area contributed by atoms with E-state index in [-0.39, 0.29) is 0 Å². The summed E-state index contributed by atoms with van der Waals surface area (Å²) >= 11 is 5.21. The van der Waals surface area contributed by atoms with Crippen LogP contribution < -0.4 is 5.32 Å². The van der Waals surface area contributed by atoms with Crippen molar-refractivity contribution in [2.75, 3.05) is 5.32 Å². The number of halogens is 1. The lowest BCUT2D eigenvalue weighted by atomic mass is 10.3. The second-order valence-electron chi connectivity index (χ2n) is 3.35. The van der Waals surface area contributed by atoms with Crippen molar-refractivity contribution in [3.8, 4) is 0 Å². The van der Waals surface area contributed by atoms with Gasteiger partial charge in [-0.2, -0.15) is 5.10 Å². The molecule has 0 aliphatic carbocycles. The minimum absolute atomic E-state index is 0.302. The first-order valence-electron chi connectivity index (χ1n) is 4.66. The Kier molecular flexibility index (Phi) is 3.11. The first-order valence-corrected chi connectivity index (χ1v) is 6.27. The van der Waals surface area contributed by atoms with Gasteiger partial charge in [0.2, 0.25) is 0 Å². The van der Waals surface area contributed by atoms with Crippen LogP contribution in [0.5, 0.6) is 0 Å². The molecule has 0 fully saturated rings. The van der Waals surface area contributed by atoms with Gasteiger partial charge in [0.05, 0.1) is 16.0 Å². The van der Waals surface area contributed by atoms with Crippen molar-refractivity contribution in [1.82, 2.24) is 9.78 Å². The van der Waals surface area contributed by atoms with Crippen LogP contribution in [0.1, 0.15) is 17.8 Å². The monoisotopic (exact) mass is 285 g/mol. The summed E-state index contributed by atoms with van der Waals surface area (Å²) < 4.78 is 3.00. The SMILES string of the molecule is CC(Nc1ccnn1C)c1ccc(Br)s1. The maximum Gasteiger partial charge on any atom is 0.124 e. The van der Waals surface area contributed by atoms with Crippen molar-refractivity contribution in [3.63, 3.8) is 0 Å². The number of aromatic nitrogens is 2. The van der Waals surface area contributed by atoms with Crippen molar-refractivity contribution in [3.05, 3.63) is 33.1 Å². The van der Waals surface area contributed by atoms with Gasteiger partial charge < -0.3 is 5.32 Å². The number of nitrogens with one attached hydrogen (secondary N) is 1. The van der Waals surface area contributed by atoms with Crippen molar-refractivity contribution in [2.45, 2.75) is 13.0 Å². The van der Waals surface area contributed by atoms with Crippen LogP contribution in [0.15, 0.2) is 28.2 Å². The molecule has 0 spiro atoms. The fourth-order valence-corrected chi connectivity index (χ4v) is 2.80. The fraction of sp³-hybridized carbons (Fsp3) is 0.300. The van der Waals surface area contributed by atoms with Gasteiger partial charge in [-0.3, -0.25) is 4.68 Å². The second kappa shape index (κ2) is 4.37. The molecule has 0 saturated heterocycles. The van der Waals surface area contributed by atoms with Gasteiger partial charge >= 0.3 is 0 Å². The van der Waals surface area contributed by atoms with Gasteiger partial charge in [-0.15, -0.1) is 11.3 Å². The number of aryl methyl sites for hydroxylation is 1. The van der Waals surface area contributed by atoms with Crippen LogP contribution in [-0.4, -0.2) is 9.78 Å². The maximum absolute atomic E-state index is 4.12. The molecule has 2 rings (SSSR count). The Hall–Kier alpha value is -0.810. The van der Waals surface area contributed by atoms with Gasteiger partial charge in [-0.1, -0.05) is 0 Å². The van der Waals surface area contributed by atoms with E-state index in [0.29, 0.717) is 6.04 Å². The molecule has 1 atom stereocenters. The summed E-state index contributed by atoms with van der Waals surface area (Å²) in [6.07, 6.45) is 1.79. The molecule has 1 N–H and O–H groups in total. The summed E-state index contributed by atoms with van der Waals surface area (Å²) in [6, 6.07) is 6.47. The maximum atomic E-state index is 4.12. The van der Waals surface area contributed by atoms with E-state index in [1.165, 1.54) is 4.88 Å². The number of hydrogen-bond acceptors (Lipinski definition) is 3. The highest BCUT2D eigenvalue weighted by Gasteiger charge is 2.09. The molecular formula is C10H12BrN3S. The Morgan fingerprint density at radius 1 is 1.47 bits per heavy atom. The first kappa shape index (κ1) is 10.7. The molecule has 2 aromatic rings. The van der Waals surface area contributed by atoms with E-state index >= 15 is 0 Å². The molecule has 15 heavy (non-hydrogen) atoms. The van der Waals surface area contributed by atoms with E-state index in [4.69, 9.17) is 0 Å². The zero-order valence-electron chi connectivity index (χ0n) is 8.57. The Morgan fingerprint density at radius 2 is 2.27 bits per heavy atom. The third kappa shape index (κ3) is 2.41. The van der Waals surface area contributed by atoms with Gasteiger partial charge in [-0.05, 0) is 35.0 Å². The van der Waals surface area contributed by atoms with Crippen LogP contribution in [0, 0.1) is 0 Å². The Morgan fingerprint density at radius 3 is 2.80 bits per heavy atom. The minimum Gasteiger partial charge on any atom is -0.363 e. The summed E-state index contributed by atoms with van der Waals surface area (Å²) in [4.78, 5) is 1.31. The summed E-state index contributed by atoms with van der Waals surface area (Å²) in [7, 11) is 1.93. The highest BCUT2D eigenvalue weighted by molar-refractivity contribution is 9.11. The van der Waals surface area contributed by atoms with Crippen LogP contribution in [0.25, 0.3) is 0 Å². The molecule has 5 heteroatoms. The molecule has 0 bridgehead atoms. The molecule has 0 saturated carbocycles. The number of rotatable bonds is 3. The number of hydrogen-bond donors (Lipinski definition) is 1. The molecular weight excluding hydrogens is 274 g/mol. The molecule has 80 valence electrons. The van der Waals surface area contributed by atoms with Crippen molar-refractivity contribution >= 4 is 33.1 Å². The van der Waals surface area contributed by atoms with Crippen molar-refractivity contribution < 1.29 is 0 Å². The van der Waals surface area contributed by atoms with E-state index in [2.05, 4.69) is 45.4 Å². The van der Waals surface area contributed by atoms with Crippen LogP contribution in [-0.2, 0) is 7.05 Å². The fourth-order valence-electron chi connectivity index (χ4n) is 1.37. The van der Waals surface area contributed by atoms with Crippen molar-refractivity contribution in [1.29, 1.82) is 0 Å². The van der Waals surface area contributed by atoms with E-state index in [1.807, 2.05) is 17.8 Å². The number of anilines is 1. The molecule has 1 unspecified atom stereocenters. The third-order valence-corrected chi connectivity index (χ3v) is 4.01. The van der Waals surface area contributed by atoms with Crippen LogP contribution in [0.2, 0.25) is 0 Å².